The Balaban J connectivity index is 3.03. The first-order valence-electron chi connectivity index (χ1n) is 3.81. The molecule has 0 unspecified atom stereocenters. The lowest BCUT2D eigenvalue weighted by Crippen LogP contribution is -1.94. The van der Waals surface area contributed by atoms with E-state index in [2.05, 4.69) is 0 Å². The van der Waals surface area contributed by atoms with E-state index in [1.807, 2.05) is 31.2 Å². The summed E-state index contributed by atoms with van der Waals surface area (Å²) < 4.78 is 21.3. The molecule has 0 aliphatic rings. The van der Waals surface area contributed by atoms with Crippen molar-refractivity contribution in [2.75, 3.05) is 0 Å². The average molecular weight is 184 g/mol. The molecule has 0 amide bonds. The zero-order valence-electron chi connectivity index (χ0n) is 7.15. The van der Waals surface area contributed by atoms with E-state index in [0.29, 0.717) is 0 Å². The molecule has 12 heavy (non-hydrogen) atoms. The van der Waals surface area contributed by atoms with Gasteiger partial charge in [0.25, 0.3) is 0 Å². The summed E-state index contributed by atoms with van der Waals surface area (Å²) in [6.07, 6.45) is 0. The molecular weight excluding hydrogens is 172 g/mol. The van der Waals surface area contributed by atoms with Crippen LogP contribution in [0.4, 0.5) is 0 Å². The molecule has 0 saturated heterocycles. The van der Waals surface area contributed by atoms with Gasteiger partial charge in [-0.15, -0.1) is 0 Å². The fourth-order valence-corrected chi connectivity index (χ4v) is 1.46. The quantitative estimate of drug-likeness (QED) is 0.709. The van der Waals surface area contributed by atoms with Crippen molar-refractivity contribution in [1.29, 1.82) is 0 Å². The van der Waals surface area contributed by atoms with E-state index in [0.717, 1.165) is 11.1 Å². The van der Waals surface area contributed by atoms with Crippen LogP contribution in [0.25, 0.3) is 0 Å². The third-order valence-corrected chi connectivity index (χ3v) is 2.77. The van der Waals surface area contributed by atoms with Gasteiger partial charge in [0.15, 0.2) is 0 Å². The predicted molar refractivity (Wildman–Crippen MR) is 49.9 cm³/mol. The fraction of sp³-hybridized carbons (Fsp3) is 0.333. The third-order valence-electron chi connectivity index (χ3n) is 1.84. The molecule has 0 spiro atoms. The number of thiol groups is 1. The van der Waals surface area contributed by atoms with Crippen molar-refractivity contribution < 1.29 is 8.42 Å². The van der Waals surface area contributed by atoms with Gasteiger partial charge < -0.3 is 0 Å². The maximum Gasteiger partial charge on any atom is 0.146 e. The second-order valence-electron chi connectivity index (χ2n) is 2.88. The van der Waals surface area contributed by atoms with Crippen LogP contribution < -0.4 is 0 Å². The number of hydrogen-bond donors (Lipinski definition) is 1. The number of aryl methyl sites for hydroxylation is 1. The first-order valence-corrected chi connectivity index (χ1v) is 5.06. The molecule has 0 aliphatic carbocycles. The highest BCUT2D eigenvalue weighted by atomic mass is 32.2. The number of rotatable bonds is 2. The Bertz CT molecular complexity index is 334. The summed E-state index contributed by atoms with van der Waals surface area (Å²) in [7, 11) is -2.35. The normalized spacial score (nSPS) is 13.2. The van der Waals surface area contributed by atoms with Gasteiger partial charge >= 0.3 is 0 Å². The molecule has 0 fully saturated rings. The highest BCUT2D eigenvalue weighted by Gasteiger charge is 2.06. The van der Waals surface area contributed by atoms with E-state index in [9.17, 15) is 8.42 Å². The van der Waals surface area contributed by atoms with Gasteiger partial charge in [0.2, 0.25) is 0 Å². The van der Waals surface area contributed by atoms with Gasteiger partial charge in [0.1, 0.15) is 10.7 Å². The van der Waals surface area contributed by atoms with Crippen LogP contribution in [0.2, 0.25) is 0 Å². The summed E-state index contributed by atoms with van der Waals surface area (Å²) in [5.41, 5.74) is 1.96. The van der Waals surface area contributed by atoms with Gasteiger partial charge in [-0.3, -0.25) is 0 Å². The van der Waals surface area contributed by atoms with Gasteiger partial charge in [-0.05, 0) is 19.4 Å². The zero-order valence-corrected chi connectivity index (χ0v) is 8.04. The Kier molecular flexibility index (Phi) is 2.87. The average Bonchev–Trinajstić information content (AvgIpc) is 2.03. The molecule has 1 aromatic carbocycles. The summed E-state index contributed by atoms with van der Waals surface area (Å²) in [4.78, 5) is 0. The zero-order chi connectivity index (χ0) is 9.14. The summed E-state index contributed by atoms with van der Waals surface area (Å²) in [5.74, 6) is 0. The largest absolute Gasteiger partial charge is 0.231 e. The lowest BCUT2D eigenvalue weighted by molar-refractivity contribution is 0.606. The molecule has 0 radical (unpaired) electrons. The highest BCUT2D eigenvalue weighted by Crippen LogP contribution is 2.16. The minimum absolute atomic E-state index is 0.375. The Hall–Kier alpha value is -0.830. The van der Waals surface area contributed by atoms with Crippen LogP contribution >= 0.6 is 0 Å². The summed E-state index contributed by atoms with van der Waals surface area (Å²) in [6.45, 7) is 3.65. The van der Waals surface area contributed by atoms with Crippen LogP contribution in [0.3, 0.4) is 0 Å². The Morgan fingerprint density at radius 2 is 2.00 bits per heavy atom. The fourth-order valence-electron chi connectivity index (χ4n) is 1.05. The van der Waals surface area contributed by atoms with Crippen LogP contribution in [-0.4, -0.2) is 8.42 Å². The predicted octanol–water partition coefficient (Wildman–Crippen LogP) is 1.67. The van der Waals surface area contributed by atoms with E-state index < -0.39 is 10.7 Å². The SMILES string of the molecule is Cc1cccc([C@H](C)[SH](=O)=O)c1. The molecule has 0 heterocycles. The van der Waals surface area contributed by atoms with Crippen molar-refractivity contribution in [3.63, 3.8) is 0 Å². The van der Waals surface area contributed by atoms with E-state index >= 15 is 0 Å². The molecule has 1 aromatic rings. The molecule has 0 saturated carbocycles. The van der Waals surface area contributed by atoms with Crippen LogP contribution in [0.5, 0.6) is 0 Å². The second-order valence-corrected chi connectivity index (χ2v) is 4.22. The summed E-state index contributed by atoms with van der Waals surface area (Å²) >= 11 is 0. The lowest BCUT2D eigenvalue weighted by atomic mass is 10.1. The molecule has 1 rings (SSSR count). The van der Waals surface area contributed by atoms with Gasteiger partial charge in [-0.1, -0.05) is 29.8 Å². The Morgan fingerprint density at radius 3 is 2.50 bits per heavy atom. The Labute approximate surface area is 74.2 Å². The standard InChI is InChI=1S/C9H12O2S/c1-7-4-3-5-9(6-7)8(2)12(10)11/h3-6,8,12H,1-2H3/t8-/m0/s1. The molecule has 1 atom stereocenters. The van der Waals surface area contributed by atoms with Crippen molar-refractivity contribution in [2.45, 2.75) is 19.1 Å². The molecule has 0 aromatic heterocycles. The van der Waals surface area contributed by atoms with Crippen molar-refractivity contribution in [3.8, 4) is 0 Å². The van der Waals surface area contributed by atoms with Gasteiger partial charge in [0.05, 0.1) is 5.25 Å². The summed E-state index contributed by atoms with van der Waals surface area (Å²) in [6, 6.07) is 7.56. The van der Waals surface area contributed by atoms with Crippen LogP contribution in [-0.2, 0) is 10.7 Å². The van der Waals surface area contributed by atoms with E-state index in [-0.39, 0.29) is 5.25 Å². The molecule has 0 aliphatic heterocycles. The topological polar surface area (TPSA) is 34.1 Å². The monoisotopic (exact) mass is 184 g/mol. The van der Waals surface area contributed by atoms with Crippen molar-refractivity contribution in [1.82, 2.24) is 0 Å². The van der Waals surface area contributed by atoms with Crippen molar-refractivity contribution in [3.05, 3.63) is 35.4 Å². The summed E-state index contributed by atoms with van der Waals surface area (Å²) in [5, 5.41) is -0.375. The molecule has 66 valence electrons. The number of benzene rings is 1. The van der Waals surface area contributed by atoms with Gasteiger partial charge in [-0.25, -0.2) is 8.42 Å². The van der Waals surface area contributed by atoms with Crippen LogP contribution in [0.1, 0.15) is 23.3 Å². The smallest absolute Gasteiger partial charge is 0.146 e. The molecule has 3 heteroatoms. The van der Waals surface area contributed by atoms with Crippen molar-refractivity contribution in [2.24, 2.45) is 0 Å². The maximum absolute atomic E-state index is 10.6. The second kappa shape index (κ2) is 3.72. The van der Waals surface area contributed by atoms with E-state index in [1.165, 1.54) is 0 Å². The van der Waals surface area contributed by atoms with Gasteiger partial charge in [0, 0.05) is 0 Å². The first kappa shape index (κ1) is 9.26. The van der Waals surface area contributed by atoms with E-state index in [1.54, 1.807) is 6.92 Å². The minimum atomic E-state index is -2.35. The Morgan fingerprint density at radius 1 is 1.33 bits per heavy atom. The van der Waals surface area contributed by atoms with Crippen LogP contribution in [0, 0.1) is 6.92 Å². The molecule has 0 bridgehead atoms. The van der Waals surface area contributed by atoms with Crippen LogP contribution in [0.15, 0.2) is 24.3 Å². The maximum atomic E-state index is 10.6. The van der Waals surface area contributed by atoms with Crippen molar-refractivity contribution >= 4 is 10.7 Å². The first-order chi connectivity index (χ1) is 5.61. The third kappa shape index (κ3) is 2.08. The number of hydrogen-bond acceptors (Lipinski definition) is 2. The highest BCUT2D eigenvalue weighted by molar-refractivity contribution is 7.72. The molecule has 2 nitrogen and oxygen atoms in total. The lowest BCUT2D eigenvalue weighted by Gasteiger charge is -2.04. The minimum Gasteiger partial charge on any atom is -0.231 e. The van der Waals surface area contributed by atoms with E-state index in [4.69, 9.17) is 0 Å². The molecule has 0 N–H and O–H groups in total. The van der Waals surface area contributed by atoms with Gasteiger partial charge in [-0.2, -0.15) is 0 Å². The molecular formula is C9H12O2S.